The van der Waals surface area contributed by atoms with Gasteiger partial charge in [0.15, 0.2) is 0 Å². The number of carbonyl (C=O) groups is 4. The highest BCUT2D eigenvalue weighted by molar-refractivity contribution is 7.86. The third kappa shape index (κ3) is 14.9. The molecule has 0 saturated carbocycles. The summed E-state index contributed by atoms with van der Waals surface area (Å²) in [7, 11) is 1.58. The second-order valence-corrected chi connectivity index (χ2v) is 27.3. The van der Waals surface area contributed by atoms with Gasteiger partial charge in [0.1, 0.15) is 35.4 Å². The van der Waals surface area contributed by atoms with Crippen molar-refractivity contribution in [3.8, 4) is 22.6 Å². The molecule has 0 aliphatic carbocycles. The summed E-state index contributed by atoms with van der Waals surface area (Å²) in [6.07, 6.45) is 1.74. The van der Waals surface area contributed by atoms with Crippen LogP contribution in [-0.2, 0) is 67.2 Å². The van der Waals surface area contributed by atoms with Crippen LogP contribution in [0.2, 0.25) is 0 Å². The molecule has 3 amide bonds. The molecular formula is C69H87N11O11S. The van der Waals surface area contributed by atoms with Crippen LogP contribution in [0.4, 0.5) is 11.4 Å². The Bertz CT molecular complexity index is 3900. The first-order valence-corrected chi connectivity index (χ1v) is 33.5. The molecule has 7 aromatic rings. The first-order valence-electron chi connectivity index (χ1n) is 32.1. The van der Waals surface area contributed by atoms with Gasteiger partial charge in [0.2, 0.25) is 11.8 Å². The SMILES string of the molecule is Cc1nn(C)c(COc2ccc(N3CCN(S(=O)(=O)N(C)C)CC3)cc2)c1-c1cccc2c(CCCOc3cccc4ccccc34)c(C(=O)OC(C)(C)C)n(CCN3CCN(CCOCCOCCNc4cccc5c4CN(C4CCC(=O)NC4=O)C5=O)CC3)c12. The summed E-state index contributed by atoms with van der Waals surface area (Å²) in [4.78, 5) is 61.2. The Labute approximate surface area is 539 Å². The lowest BCUT2D eigenvalue weighted by molar-refractivity contribution is -0.136. The van der Waals surface area contributed by atoms with Crippen molar-refractivity contribution in [1.82, 2.24) is 43.0 Å². The fraction of sp³-hybridized carbons (Fsp3) is 0.464. The minimum Gasteiger partial charge on any atom is -0.493 e. The van der Waals surface area contributed by atoms with Crippen molar-refractivity contribution in [1.29, 1.82) is 0 Å². The van der Waals surface area contributed by atoms with Crippen LogP contribution in [0.5, 0.6) is 11.5 Å². The molecule has 4 aliphatic heterocycles. The quantitative estimate of drug-likeness (QED) is 0.0290. The number of fused-ring (bicyclic) bond motifs is 3. The molecule has 3 fully saturated rings. The summed E-state index contributed by atoms with van der Waals surface area (Å²) in [6, 6.07) is 33.5. The number of hydrogen-bond donors (Lipinski definition) is 2. The number of benzene rings is 5. The van der Waals surface area contributed by atoms with Crippen LogP contribution in [0.1, 0.15) is 83.4 Å². The first-order chi connectivity index (χ1) is 44.3. The van der Waals surface area contributed by atoms with E-state index in [0.29, 0.717) is 122 Å². The van der Waals surface area contributed by atoms with Crippen LogP contribution in [0.3, 0.4) is 0 Å². The molecule has 6 heterocycles. The van der Waals surface area contributed by atoms with Crippen molar-refractivity contribution < 1.29 is 51.3 Å². The lowest BCUT2D eigenvalue weighted by Crippen LogP contribution is -2.52. The van der Waals surface area contributed by atoms with Crippen LogP contribution in [0.15, 0.2) is 103 Å². The van der Waals surface area contributed by atoms with E-state index in [1.165, 1.54) is 8.61 Å². The second-order valence-electron chi connectivity index (χ2n) is 25.2. The number of para-hydroxylation sites is 1. The number of carbonyl (C=O) groups excluding carboxylic acids is 4. The summed E-state index contributed by atoms with van der Waals surface area (Å²) in [5.74, 6) is 0.193. The Morgan fingerprint density at radius 1 is 0.750 bits per heavy atom. The molecule has 490 valence electrons. The number of nitrogens with one attached hydrogen (secondary N) is 2. The third-order valence-corrected chi connectivity index (χ3v) is 19.7. The van der Waals surface area contributed by atoms with E-state index >= 15 is 0 Å². The molecule has 1 atom stereocenters. The van der Waals surface area contributed by atoms with Gasteiger partial charge in [-0.25, -0.2) is 4.79 Å². The Morgan fingerprint density at radius 2 is 1.43 bits per heavy atom. The van der Waals surface area contributed by atoms with Gasteiger partial charge in [0.05, 0.1) is 49.9 Å². The fourth-order valence-electron chi connectivity index (χ4n) is 13.0. The topological polar surface area (TPSA) is 215 Å². The predicted molar refractivity (Wildman–Crippen MR) is 354 cm³/mol. The summed E-state index contributed by atoms with van der Waals surface area (Å²) in [5.41, 5.74) is 8.45. The van der Waals surface area contributed by atoms with Crippen LogP contribution in [0.25, 0.3) is 32.8 Å². The maximum absolute atomic E-state index is 15.0. The normalized spacial score (nSPS) is 17.1. The third-order valence-electron chi connectivity index (χ3n) is 17.7. The molecule has 1 unspecified atom stereocenters. The number of nitrogens with zero attached hydrogens (tertiary/aromatic N) is 9. The Morgan fingerprint density at radius 3 is 2.17 bits per heavy atom. The zero-order valence-corrected chi connectivity index (χ0v) is 54.9. The molecule has 3 saturated heterocycles. The Hall–Kier alpha value is -7.90. The molecule has 22 nitrogen and oxygen atoms in total. The average molecular weight is 1280 g/mol. The molecule has 5 aromatic carbocycles. The van der Waals surface area contributed by atoms with E-state index in [1.807, 2.05) is 100 Å². The molecule has 4 aliphatic rings. The molecule has 2 N–H and O–H groups in total. The zero-order chi connectivity index (χ0) is 64.7. The lowest BCUT2D eigenvalue weighted by Gasteiger charge is -2.36. The fourth-order valence-corrected chi connectivity index (χ4v) is 14.1. The molecule has 92 heavy (non-hydrogen) atoms. The van der Waals surface area contributed by atoms with Crippen LogP contribution >= 0.6 is 0 Å². The minimum absolute atomic E-state index is 0.204. The Balaban J connectivity index is 0.739. The molecule has 0 bridgehead atoms. The molecular weight excluding hydrogens is 1190 g/mol. The number of piperidine rings is 1. The van der Waals surface area contributed by atoms with E-state index in [0.717, 1.165) is 105 Å². The second kappa shape index (κ2) is 28.9. The number of amides is 3. The standard InChI is InChI=1S/C69H87N11O11S/c1-48-63(60(74(7)72-48)47-90-51-25-23-50(24-26-51)77-35-37-78(38-36-77)92(85,86)73(5)6)56-19-11-17-53-54(20-13-41-89-61-22-10-15-49-14-8-9-16-52(49)61)65(68(84)91-69(2,3)4)79(64(53)56)39-34-75-30-32-76(33-31-75)40-43-88-45-44-87-42-29-70-58-21-12-18-55-57(58)46-80(67(55)83)59-27-28-62(81)71-66(59)82/h8-12,14-19,21-26,59,70H,13,20,27-47H2,1-7H3,(H,71,81,82). The maximum Gasteiger partial charge on any atom is 0.355 e. The van der Waals surface area contributed by atoms with Crippen molar-refractivity contribution in [2.45, 2.75) is 84.7 Å². The van der Waals surface area contributed by atoms with Crippen LogP contribution < -0.4 is 25.0 Å². The largest absolute Gasteiger partial charge is 0.493 e. The van der Waals surface area contributed by atoms with Crippen molar-refractivity contribution in [2.24, 2.45) is 7.05 Å². The van der Waals surface area contributed by atoms with E-state index in [2.05, 4.69) is 66.3 Å². The lowest BCUT2D eigenvalue weighted by atomic mass is 9.98. The van der Waals surface area contributed by atoms with Gasteiger partial charge in [-0.1, -0.05) is 60.7 Å². The van der Waals surface area contributed by atoms with Gasteiger partial charge in [-0.2, -0.15) is 22.1 Å². The summed E-state index contributed by atoms with van der Waals surface area (Å²) < 4.78 is 63.8. The van der Waals surface area contributed by atoms with Gasteiger partial charge in [-0.3, -0.25) is 34.2 Å². The molecule has 11 rings (SSSR count). The van der Waals surface area contributed by atoms with E-state index in [4.69, 9.17) is 28.8 Å². The highest BCUT2D eigenvalue weighted by Gasteiger charge is 2.40. The van der Waals surface area contributed by atoms with Crippen molar-refractivity contribution >= 4 is 67.0 Å². The highest BCUT2D eigenvalue weighted by Crippen LogP contribution is 2.40. The number of piperazine rings is 2. The van der Waals surface area contributed by atoms with Crippen molar-refractivity contribution in [2.75, 3.05) is 129 Å². The minimum atomic E-state index is -3.48. The number of esters is 1. The number of aryl methyl sites for hydroxylation is 3. The first kappa shape index (κ1) is 65.6. The predicted octanol–water partition coefficient (Wildman–Crippen LogP) is 7.50. The number of anilines is 2. The Kier molecular flexibility index (Phi) is 20.6. The number of aromatic nitrogens is 3. The van der Waals surface area contributed by atoms with E-state index < -0.39 is 27.8 Å². The summed E-state index contributed by atoms with van der Waals surface area (Å²) in [5, 5.41) is 13.9. The van der Waals surface area contributed by atoms with E-state index in [9.17, 15) is 27.6 Å². The van der Waals surface area contributed by atoms with Gasteiger partial charge >= 0.3 is 5.97 Å². The smallest absolute Gasteiger partial charge is 0.355 e. The van der Waals surface area contributed by atoms with Gasteiger partial charge in [-0.05, 0) is 100 Å². The van der Waals surface area contributed by atoms with E-state index in [-0.39, 0.29) is 30.8 Å². The van der Waals surface area contributed by atoms with E-state index in [1.54, 1.807) is 25.1 Å². The van der Waals surface area contributed by atoms with Gasteiger partial charge in [0.25, 0.3) is 16.1 Å². The van der Waals surface area contributed by atoms with Crippen molar-refractivity contribution in [3.63, 3.8) is 0 Å². The van der Waals surface area contributed by atoms with Gasteiger partial charge < -0.3 is 43.4 Å². The number of rotatable bonds is 27. The zero-order valence-electron chi connectivity index (χ0n) is 54.1. The van der Waals surface area contributed by atoms with Gasteiger partial charge in [0, 0.05) is 157 Å². The molecule has 0 spiro atoms. The summed E-state index contributed by atoms with van der Waals surface area (Å²) >= 11 is 0. The molecule has 0 radical (unpaired) electrons. The van der Waals surface area contributed by atoms with Crippen LogP contribution in [-0.4, -0.2) is 201 Å². The van der Waals surface area contributed by atoms with Crippen LogP contribution in [0, 0.1) is 6.92 Å². The molecule has 2 aromatic heterocycles. The highest BCUT2D eigenvalue weighted by atomic mass is 32.2. The molecule has 23 heteroatoms. The van der Waals surface area contributed by atoms with Crippen molar-refractivity contribution in [3.05, 3.63) is 137 Å². The number of ether oxygens (including phenoxy) is 5. The summed E-state index contributed by atoms with van der Waals surface area (Å²) in [6.45, 7) is 18.5. The number of imide groups is 1. The average Bonchev–Trinajstić information content (AvgIpc) is 1.59. The monoisotopic (exact) mass is 1280 g/mol. The van der Waals surface area contributed by atoms with Gasteiger partial charge in [-0.15, -0.1) is 0 Å². The number of hydrogen-bond acceptors (Lipinski definition) is 16. The maximum atomic E-state index is 15.0.